The van der Waals surface area contributed by atoms with E-state index in [0.29, 0.717) is 13.2 Å². The Morgan fingerprint density at radius 3 is 2.18 bits per heavy atom. The van der Waals surface area contributed by atoms with Crippen LogP contribution in [0.4, 0.5) is 4.39 Å². The van der Waals surface area contributed by atoms with Crippen molar-refractivity contribution < 1.29 is 14.2 Å². The van der Waals surface area contributed by atoms with E-state index >= 15 is 0 Å². The average Bonchev–Trinajstić information content (AvgIpc) is 2.57. The summed E-state index contributed by atoms with van der Waals surface area (Å²) in [5.74, 6) is -0.293. The number of halogens is 1. The first kappa shape index (κ1) is 15.2. The molecule has 0 unspecified atom stereocenters. The van der Waals surface area contributed by atoms with Gasteiger partial charge < -0.3 is 9.84 Å². The number of rotatable bonds is 4. The Hall–Kier alpha value is -1.75. The third-order valence-electron chi connectivity index (χ3n) is 4.09. The van der Waals surface area contributed by atoms with E-state index in [1.807, 2.05) is 30.3 Å². The molecule has 1 fully saturated rings. The molecule has 0 saturated carbocycles. The summed E-state index contributed by atoms with van der Waals surface area (Å²) in [7, 11) is 0. The first-order valence-electron chi connectivity index (χ1n) is 7.56. The van der Waals surface area contributed by atoms with E-state index in [0.717, 1.165) is 24.2 Å². The number of aliphatic hydroxyl groups is 1. The fourth-order valence-corrected chi connectivity index (χ4v) is 2.94. The maximum absolute atomic E-state index is 13.1. The molecule has 1 aliphatic rings. The van der Waals surface area contributed by atoms with Gasteiger partial charge in [0.2, 0.25) is 0 Å². The van der Waals surface area contributed by atoms with Crippen LogP contribution in [-0.4, -0.2) is 36.3 Å². The molecular formula is C18H20FNO2. The van der Waals surface area contributed by atoms with E-state index in [4.69, 9.17) is 4.74 Å². The van der Waals surface area contributed by atoms with E-state index in [9.17, 15) is 9.50 Å². The van der Waals surface area contributed by atoms with Crippen LogP contribution in [0.5, 0.6) is 0 Å². The van der Waals surface area contributed by atoms with Crippen LogP contribution in [0.3, 0.4) is 0 Å². The van der Waals surface area contributed by atoms with Crippen molar-refractivity contribution in [2.45, 2.75) is 12.1 Å². The monoisotopic (exact) mass is 301 g/mol. The lowest BCUT2D eigenvalue weighted by molar-refractivity contribution is -0.0238. The maximum atomic E-state index is 13.1. The highest BCUT2D eigenvalue weighted by atomic mass is 19.1. The van der Waals surface area contributed by atoms with Crippen LogP contribution >= 0.6 is 0 Å². The van der Waals surface area contributed by atoms with Gasteiger partial charge in [-0.15, -0.1) is 0 Å². The molecule has 3 nitrogen and oxygen atoms in total. The minimum absolute atomic E-state index is 0.157. The molecule has 2 aromatic carbocycles. The van der Waals surface area contributed by atoms with Crippen molar-refractivity contribution in [1.29, 1.82) is 0 Å². The second-order valence-corrected chi connectivity index (χ2v) is 5.50. The summed E-state index contributed by atoms with van der Waals surface area (Å²) in [5, 5.41) is 10.9. The highest BCUT2D eigenvalue weighted by Crippen LogP contribution is 2.34. The number of aliphatic hydroxyl groups excluding tert-OH is 1. The highest BCUT2D eigenvalue weighted by molar-refractivity contribution is 5.26. The topological polar surface area (TPSA) is 32.7 Å². The predicted octanol–water partition coefficient (Wildman–Crippen LogP) is 2.93. The average molecular weight is 301 g/mol. The highest BCUT2D eigenvalue weighted by Gasteiger charge is 2.29. The van der Waals surface area contributed by atoms with Crippen LogP contribution in [0, 0.1) is 5.82 Å². The second-order valence-electron chi connectivity index (χ2n) is 5.50. The molecule has 0 amide bonds. The molecule has 1 saturated heterocycles. The van der Waals surface area contributed by atoms with Crippen LogP contribution in [-0.2, 0) is 4.74 Å². The quantitative estimate of drug-likeness (QED) is 0.942. The van der Waals surface area contributed by atoms with Gasteiger partial charge in [0.05, 0.1) is 25.4 Å². The summed E-state index contributed by atoms with van der Waals surface area (Å²) in [6.07, 6.45) is -0.707. The largest absolute Gasteiger partial charge is 0.386 e. The van der Waals surface area contributed by atoms with Gasteiger partial charge >= 0.3 is 0 Å². The van der Waals surface area contributed by atoms with Gasteiger partial charge in [-0.1, -0.05) is 42.5 Å². The number of nitrogens with zero attached hydrogens (tertiary/aromatic N) is 1. The Morgan fingerprint density at radius 2 is 1.55 bits per heavy atom. The molecule has 0 aliphatic carbocycles. The third-order valence-corrected chi connectivity index (χ3v) is 4.09. The van der Waals surface area contributed by atoms with Crippen LogP contribution in [0.25, 0.3) is 0 Å². The van der Waals surface area contributed by atoms with Crippen LogP contribution in [0.15, 0.2) is 54.6 Å². The van der Waals surface area contributed by atoms with Gasteiger partial charge in [0.1, 0.15) is 5.82 Å². The standard InChI is InChI=1S/C18H20FNO2/c19-16-8-6-15(7-9-16)18(21)17(14-4-2-1-3-5-14)20-10-12-22-13-11-20/h1-9,17-18,21H,10-13H2/t17-,18+/m1/s1. The van der Waals surface area contributed by atoms with E-state index < -0.39 is 6.10 Å². The van der Waals surface area contributed by atoms with Crippen molar-refractivity contribution in [3.8, 4) is 0 Å². The molecule has 3 rings (SSSR count). The van der Waals surface area contributed by atoms with Crippen molar-refractivity contribution >= 4 is 0 Å². The fraction of sp³-hybridized carbons (Fsp3) is 0.333. The lowest BCUT2D eigenvalue weighted by atomic mass is 9.94. The Kier molecular flexibility index (Phi) is 4.83. The summed E-state index contributed by atoms with van der Waals surface area (Å²) in [6, 6.07) is 15.9. The molecule has 1 aliphatic heterocycles. The summed E-state index contributed by atoms with van der Waals surface area (Å²) < 4.78 is 18.5. The molecule has 2 atom stereocenters. The lowest BCUT2D eigenvalue weighted by Crippen LogP contribution is -2.41. The molecule has 22 heavy (non-hydrogen) atoms. The van der Waals surface area contributed by atoms with E-state index in [1.165, 1.54) is 12.1 Å². The summed E-state index contributed by atoms with van der Waals surface area (Å²) in [6.45, 7) is 2.88. The number of hydrogen-bond acceptors (Lipinski definition) is 3. The van der Waals surface area contributed by atoms with Crippen molar-refractivity contribution in [1.82, 2.24) is 4.90 Å². The Balaban J connectivity index is 1.91. The van der Waals surface area contributed by atoms with Crippen molar-refractivity contribution in [2.75, 3.05) is 26.3 Å². The van der Waals surface area contributed by atoms with Gasteiger partial charge in [-0.3, -0.25) is 4.90 Å². The molecule has 0 radical (unpaired) electrons. The molecule has 0 bridgehead atoms. The van der Waals surface area contributed by atoms with Crippen LogP contribution < -0.4 is 0 Å². The van der Waals surface area contributed by atoms with Gasteiger partial charge in [0.25, 0.3) is 0 Å². The first-order valence-corrected chi connectivity index (χ1v) is 7.56. The van der Waals surface area contributed by atoms with Crippen molar-refractivity contribution in [2.24, 2.45) is 0 Å². The summed E-state index contributed by atoms with van der Waals surface area (Å²) in [4.78, 5) is 2.23. The summed E-state index contributed by atoms with van der Waals surface area (Å²) >= 11 is 0. The Labute approximate surface area is 130 Å². The molecule has 2 aromatic rings. The van der Waals surface area contributed by atoms with Crippen LogP contribution in [0.1, 0.15) is 23.3 Å². The second kappa shape index (κ2) is 7.01. The SMILES string of the molecule is O[C@@H](c1ccc(F)cc1)[C@@H](c1ccccc1)N1CCOCC1. The summed E-state index contributed by atoms with van der Waals surface area (Å²) in [5.41, 5.74) is 1.78. The zero-order chi connectivity index (χ0) is 15.4. The number of benzene rings is 2. The van der Waals surface area contributed by atoms with E-state index in [1.54, 1.807) is 12.1 Å². The molecule has 116 valence electrons. The lowest BCUT2D eigenvalue weighted by Gasteiger charge is -2.37. The van der Waals surface area contributed by atoms with Gasteiger partial charge in [0.15, 0.2) is 0 Å². The van der Waals surface area contributed by atoms with Gasteiger partial charge in [-0.2, -0.15) is 0 Å². The van der Waals surface area contributed by atoms with Gasteiger partial charge in [-0.05, 0) is 23.3 Å². The fourth-order valence-electron chi connectivity index (χ4n) is 2.94. The molecule has 1 heterocycles. The number of hydrogen-bond donors (Lipinski definition) is 1. The zero-order valence-corrected chi connectivity index (χ0v) is 12.4. The normalized spacial score (nSPS) is 18.8. The van der Waals surface area contributed by atoms with Gasteiger partial charge in [-0.25, -0.2) is 4.39 Å². The number of morpholine rings is 1. The molecule has 0 aromatic heterocycles. The predicted molar refractivity (Wildman–Crippen MR) is 82.9 cm³/mol. The molecular weight excluding hydrogens is 281 g/mol. The minimum atomic E-state index is -0.707. The Bertz CT molecular complexity index is 582. The van der Waals surface area contributed by atoms with Gasteiger partial charge in [0, 0.05) is 13.1 Å². The minimum Gasteiger partial charge on any atom is -0.386 e. The number of ether oxygens (including phenoxy) is 1. The zero-order valence-electron chi connectivity index (χ0n) is 12.4. The van der Waals surface area contributed by atoms with Crippen LogP contribution in [0.2, 0.25) is 0 Å². The molecule has 0 spiro atoms. The molecule has 1 N–H and O–H groups in total. The Morgan fingerprint density at radius 1 is 0.909 bits per heavy atom. The van der Waals surface area contributed by atoms with E-state index in [-0.39, 0.29) is 11.9 Å². The maximum Gasteiger partial charge on any atom is 0.123 e. The first-order chi connectivity index (χ1) is 10.8. The van der Waals surface area contributed by atoms with Crippen molar-refractivity contribution in [3.05, 3.63) is 71.5 Å². The third kappa shape index (κ3) is 3.35. The smallest absolute Gasteiger partial charge is 0.123 e. The molecule has 4 heteroatoms. The van der Waals surface area contributed by atoms with Crippen molar-refractivity contribution in [3.63, 3.8) is 0 Å². The van der Waals surface area contributed by atoms with E-state index in [2.05, 4.69) is 4.90 Å².